The standard InChI is InChI=1S/C6H11N2O/c1-8(2)6(9)7-5-3-4-5/h3-4H2,1-2H3,(H,7,9). The third-order valence-electron chi connectivity index (χ3n) is 1.19. The Kier molecular flexibility index (Phi) is 1.60. The van der Waals surface area contributed by atoms with Crippen LogP contribution >= 0.6 is 0 Å². The van der Waals surface area contributed by atoms with Gasteiger partial charge in [-0.1, -0.05) is 0 Å². The number of urea groups is 1. The van der Waals surface area contributed by atoms with Gasteiger partial charge in [0, 0.05) is 14.1 Å². The summed E-state index contributed by atoms with van der Waals surface area (Å²) in [5.74, 6) is 0. The zero-order valence-corrected chi connectivity index (χ0v) is 5.77. The van der Waals surface area contributed by atoms with Crippen molar-refractivity contribution < 1.29 is 4.79 Å². The summed E-state index contributed by atoms with van der Waals surface area (Å²) in [5.41, 5.74) is 0. The smallest absolute Gasteiger partial charge is 0.317 e. The fourth-order valence-corrected chi connectivity index (χ4v) is 0.451. The molecule has 9 heavy (non-hydrogen) atoms. The Morgan fingerprint density at radius 2 is 2.11 bits per heavy atom. The molecule has 0 aromatic heterocycles. The van der Waals surface area contributed by atoms with Crippen molar-refractivity contribution in [1.29, 1.82) is 0 Å². The van der Waals surface area contributed by atoms with Crippen molar-refractivity contribution >= 4 is 6.03 Å². The zero-order valence-electron chi connectivity index (χ0n) is 5.77. The highest BCUT2D eigenvalue weighted by atomic mass is 16.2. The predicted molar refractivity (Wildman–Crippen MR) is 34.7 cm³/mol. The second-order valence-electron chi connectivity index (χ2n) is 2.43. The van der Waals surface area contributed by atoms with Gasteiger partial charge in [-0.05, 0) is 12.8 Å². The molecule has 0 saturated heterocycles. The topological polar surface area (TPSA) is 32.3 Å². The van der Waals surface area contributed by atoms with Crippen molar-refractivity contribution in [2.75, 3.05) is 14.1 Å². The summed E-state index contributed by atoms with van der Waals surface area (Å²) in [7, 11) is 3.47. The summed E-state index contributed by atoms with van der Waals surface area (Å²) >= 11 is 0. The van der Waals surface area contributed by atoms with Crippen LogP contribution in [0.1, 0.15) is 12.8 Å². The van der Waals surface area contributed by atoms with Crippen molar-refractivity contribution in [3.05, 3.63) is 6.04 Å². The largest absolute Gasteiger partial charge is 0.331 e. The van der Waals surface area contributed by atoms with E-state index in [9.17, 15) is 4.79 Å². The van der Waals surface area contributed by atoms with Gasteiger partial charge in [0.15, 0.2) is 0 Å². The lowest BCUT2D eigenvalue weighted by molar-refractivity contribution is 0.219. The molecule has 0 aromatic carbocycles. The van der Waals surface area contributed by atoms with Crippen molar-refractivity contribution in [3.8, 4) is 0 Å². The maximum atomic E-state index is 10.8. The summed E-state index contributed by atoms with van der Waals surface area (Å²) in [6, 6.07) is 1.15. The monoisotopic (exact) mass is 127 g/mol. The van der Waals surface area contributed by atoms with Crippen LogP contribution in [0.4, 0.5) is 4.79 Å². The minimum absolute atomic E-state index is 0.0116. The molecule has 1 radical (unpaired) electrons. The van der Waals surface area contributed by atoms with Crippen LogP contribution in [0.3, 0.4) is 0 Å². The van der Waals surface area contributed by atoms with Gasteiger partial charge in [-0.15, -0.1) is 0 Å². The van der Waals surface area contributed by atoms with E-state index in [1.54, 1.807) is 14.1 Å². The van der Waals surface area contributed by atoms with E-state index in [1.165, 1.54) is 4.90 Å². The molecule has 51 valence electrons. The van der Waals surface area contributed by atoms with E-state index >= 15 is 0 Å². The van der Waals surface area contributed by atoms with Crippen LogP contribution < -0.4 is 5.32 Å². The minimum atomic E-state index is -0.0116. The Morgan fingerprint density at radius 3 is 2.44 bits per heavy atom. The Morgan fingerprint density at radius 1 is 1.56 bits per heavy atom. The molecule has 0 bridgehead atoms. The number of carbonyl (C=O) groups excluding carboxylic acids is 1. The number of nitrogens with one attached hydrogen (secondary N) is 1. The van der Waals surface area contributed by atoms with Crippen molar-refractivity contribution in [3.63, 3.8) is 0 Å². The first-order chi connectivity index (χ1) is 4.20. The van der Waals surface area contributed by atoms with E-state index in [0.717, 1.165) is 18.9 Å². The second kappa shape index (κ2) is 2.25. The highest BCUT2D eigenvalue weighted by molar-refractivity contribution is 5.75. The molecule has 2 amide bonds. The molecule has 1 N–H and O–H groups in total. The van der Waals surface area contributed by atoms with E-state index in [1.807, 2.05) is 0 Å². The summed E-state index contributed by atoms with van der Waals surface area (Å²) in [6.45, 7) is 0. The quantitative estimate of drug-likeness (QED) is 0.549. The summed E-state index contributed by atoms with van der Waals surface area (Å²) in [6.07, 6.45) is 2.14. The first-order valence-electron chi connectivity index (χ1n) is 3.03. The van der Waals surface area contributed by atoms with Crippen molar-refractivity contribution in [1.82, 2.24) is 10.2 Å². The Labute approximate surface area is 55.0 Å². The van der Waals surface area contributed by atoms with E-state index in [0.29, 0.717) is 0 Å². The maximum Gasteiger partial charge on any atom is 0.317 e. The lowest BCUT2D eigenvalue weighted by Gasteiger charge is -2.09. The molecular formula is C6H11N2O. The van der Waals surface area contributed by atoms with Gasteiger partial charge in [-0.25, -0.2) is 4.79 Å². The molecule has 1 aliphatic carbocycles. The van der Waals surface area contributed by atoms with E-state index < -0.39 is 0 Å². The van der Waals surface area contributed by atoms with Gasteiger partial charge in [-0.2, -0.15) is 0 Å². The third-order valence-corrected chi connectivity index (χ3v) is 1.19. The van der Waals surface area contributed by atoms with Crippen LogP contribution in [0.25, 0.3) is 0 Å². The molecule has 0 atom stereocenters. The minimum Gasteiger partial charge on any atom is -0.331 e. The molecule has 3 nitrogen and oxygen atoms in total. The Balaban J connectivity index is 2.17. The molecule has 0 heterocycles. The average molecular weight is 127 g/mol. The summed E-state index contributed by atoms with van der Waals surface area (Å²) in [5, 5.41) is 2.76. The zero-order chi connectivity index (χ0) is 6.85. The SMILES string of the molecule is CN(C)C(=O)N[C]1CC1. The van der Waals surface area contributed by atoms with Gasteiger partial charge < -0.3 is 10.2 Å². The number of carbonyl (C=O) groups is 1. The molecule has 0 unspecified atom stereocenters. The Hall–Kier alpha value is -0.730. The summed E-state index contributed by atoms with van der Waals surface area (Å²) < 4.78 is 0. The lowest BCUT2D eigenvalue weighted by Crippen LogP contribution is -2.33. The normalized spacial score (nSPS) is 17.1. The fourth-order valence-electron chi connectivity index (χ4n) is 0.451. The Bertz CT molecular complexity index is 118. The molecule has 1 fully saturated rings. The van der Waals surface area contributed by atoms with Gasteiger partial charge in [-0.3, -0.25) is 0 Å². The van der Waals surface area contributed by atoms with Gasteiger partial charge in [0.25, 0.3) is 0 Å². The van der Waals surface area contributed by atoms with Crippen LogP contribution in [0.5, 0.6) is 0 Å². The first-order valence-corrected chi connectivity index (χ1v) is 3.03. The highest BCUT2D eigenvalue weighted by Crippen LogP contribution is 2.27. The number of rotatable bonds is 1. The van der Waals surface area contributed by atoms with Crippen LogP contribution in [-0.4, -0.2) is 25.0 Å². The first kappa shape index (κ1) is 6.39. The van der Waals surface area contributed by atoms with Crippen LogP contribution in [-0.2, 0) is 0 Å². The predicted octanol–water partition coefficient (Wildman–Crippen LogP) is 0.583. The van der Waals surface area contributed by atoms with Gasteiger partial charge >= 0.3 is 6.03 Å². The van der Waals surface area contributed by atoms with Gasteiger partial charge in [0.05, 0.1) is 6.04 Å². The van der Waals surface area contributed by atoms with E-state index in [2.05, 4.69) is 5.32 Å². The maximum absolute atomic E-state index is 10.8. The highest BCUT2D eigenvalue weighted by Gasteiger charge is 2.24. The number of hydrogen-bond donors (Lipinski definition) is 1. The molecular weight excluding hydrogens is 116 g/mol. The van der Waals surface area contributed by atoms with E-state index in [-0.39, 0.29) is 6.03 Å². The fraction of sp³-hybridized carbons (Fsp3) is 0.667. The molecule has 0 aliphatic heterocycles. The van der Waals surface area contributed by atoms with Crippen molar-refractivity contribution in [2.24, 2.45) is 0 Å². The molecule has 0 spiro atoms. The average Bonchev–Trinajstić information content (AvgIpc) is 2.50. The molecule has 3 heteroatoms. The number of hydrogen-bond acceptors (Lipinski definition) is 1. The van der Waals surface area contributed by atoms with Gasteiger partial charge in [0.1, 0.15) is 0 Å². The molecule has 1 aliphatic rings. The molecule has 0 aromatic rings. The number of amides is 2. The lowest BCUT2D eigenvalue weighted by atomic mass is 10.7. The molecule has 1 rings (SSSR count). The van der Waals surface area contributed by atoms with Crippen LogP contribution in [0.15, 0.2) is 0 Å². The number of nitrogens with zero attached hydrogens (tertiary/aromatic N) is 1. The van der Waals surface area contributed by atoms with Crippen molar-refractivity contribution in [2.45, 2.75) is 12.8 Å². The summed E-state index contributed by atoms with van der Waals surface area (Å²) in [4.78, 5) is 12.3. The van der Waals surface area contributed by atoms with Gasteiger partial charge in [0.2, 0.25) is 0 Å². The van der Waals surface area contributed by atoms with Crippen LogP contribution in [0, 0.1) is 6.04 Å². The second-order valence-corrected chi connectivity index (χ2v) is 2.43. The van der Waals surface area contributed by atoms with Crippen LogP contribution in [0.2, 0.25) is 0 Å². The molecule has 1 saturated carbocycles. The van der Waals surface area contributed by atoms with E-state index in [4.69, 9.17) is 0 Å². The third kappa shape index (κ3) is 1.91.